The predicted molar refractivity (Wildman–Crippen MR) is 75.6 cm³/mol. The SMILES string of the molecule is CC(C)[C@@H](NC(=O)N1CCC(N2CCCC2)C1)C(=O)O. The molecule has 0 aromatic heterocycles. The summed E-state index contributed by atoms with van der Waals surface area (Å²) < 4.78 is 0. The summed E-state index contributed by atoms with van der Waals surface area (Å²) in [5, 5.41) is 11.8. The summed E-state index contributed by atoms with van der Waals surface area (Å²) in [5.74, 6) is -1.09. The van der Waals surface area contributed by atoms with Gasteiger partial charge in [-0.25, -0.2) is 9.59 Å². The van der Waals surface area contributed by atoms with Gasteiger partial charge in [0.1, 0.15) is 6.04 Å². The third kappa shape index (κ3) is 3.42. The normalized spacial score (nSPS) is 25.1. The van der Waals surface area contributed by atoms with Crippen LogP contribution in [0.1, 0.15) is 33.1 Å². The van der Waals surface area contributed by atoms with Gasteiger partial charge in [0, 0.05) is 19.1 Å². The highest BCUT2D eigenvalue weighted by Gasteiger charge is 2.33. The largest absolute Gasteiger partial charge is 0.480 e. The van der Waals surface area contributed by atoms with Crippen molar-refractivity contribution in [1.82, 2.24) is 15.1 Å². The van der Waals surface area contributed by atoms with Crippen LogP contribution in [0.4, 0.5) is 4.79 Å². The molecule has 2 atom stereocenters. The van der Waals surface area contributed by atoms with Gasteiger partial charge >= 0.3 is 12.0 Å². The van der Waals surface area contributed by atoms with E-state index in [1.165, 1.54) is 12.8 Å². The standard InChI is InChI=1S/C14H25N3O3/c1-10(2)12(13(18)19)15-14(20)17-8-5-11(9-17)16-6-3-4-7-16/h10-12H,3-9H2,1-2H3,(H,15,20)(H,18,19)/t11?,12-/m1/s1. The van der Waals surface area contributed by atoms with E-state index in [-0.39, 0.29) is 11.9 Å². The fraction of sp³-hybridized carbons (Fsp3) is 0.857. The molecule has 6 nitrogen and oxygen atoms in total. The second-order valence-corrected chi connectivity index (χ2v) is 6.14. The van der Waals surface area contributed by atoms with Crippen LogP contribution < -0.4 is 5.32 Å². The van der Waals surface area contributed by atoms with E-state index in [1.807, 2.05) is 0 Å². The van der Waals surface area contributed by atoms with Gasteiger partial charge in [-0.2, -0.15) is 0 Å². The average Bonchev–Trinajstić information content (AvgIpc) is 3.04. The number of carbonyl (C=O) groups is 2. The van der Waals surface area contributed by atoms with Crippen LogP contribution in [0.3, 0.4) is 0 Å². The van der Waals surface area contributed by atoms with E-state index in [9.17, 15) is 9.59 Å². The number of amides is 2. The summed E-state index contributed by atoms with van der Waals surface area (Å²) in [7, 11) is 0. The molecule has 2 fully saturated rings. The number of hydrogen-bond acceptors (Lipinski definition) is 3. The lowest BCUT2D eigenvalue weighted by molar-refractivity contribution is -0.140. The van der Waals surface area contributed by atoms with Crippen LogP contribution in [0.2, 0.25) is 0 Å². The van der Waals surface area contributed by atoms with Gasteiger partial charge in [-0.3, -0.25) is 4.90 Å². The number of nitrogens with one attached hydrogen (secondary N) is 1. The molecule has 2 heterocycles. The second-order valence-electron chi connectivity index (χ2n) is 6.14. The average molecular weight is 283 g/mol. The van der Waals surface area contributed by atoms with Crippen molar-refractivity contribution in [2.24, 2.45) is 5.92 Å². The smallest absolute Gasteiger partial charge is 0.326 e. The van der Waals surface area contributed by atoms with Crippen LogP contribution in [-0.2, 0) is 4.79 Å². The molecule has 0 radical (unpaired) electrons. The molecule has 2 aliphatic heterocycles. The molecule has 0 bridgehead atoms. The van der Waals surface area contributed by atoms with Crippen molar-refractivity contribution >= 4 is 12.0 Å². The second kappa shape index (κ2) is 6.43. The third-order valence-corrected chi connectivity index (χ3v) is 4.32. The Hall–Kier alpha value is -1.30. The summed E-state index contributed by atoms with van der Waals surface area (Å²) in [4.78, 5) is 27.5. The Morgan fingerprint density at radius 2 is 1.85 bits per heavy atom. The molecule has 2 saturated heterocycles. The molecule has 20 heavy (non-hydrogen) atoms. The molecule has 2 N–H and O–H groups in total. The molecule has 2 aliphatic rings. The first-order valence-electron chi connectivity index (χ1n) is 7.51. The Balaban J connectivity index is 1.85. The number of aliphatic carboxylic acids is 1. The van der Waals surface area contributed by atoms with Crippen molar-refractivity contribution in [3.05, 3.63) is 0 Å². The highest BCUT2D eigenvalue weighted by molar-refractivity contribution is 5.82. The van der Waals surface area contributed by atoms with Crippen molar-refractivity contribution < 1.29 is 14.7 Å². The molecule has 0 aromatic carbocycles. The van der Waals surface area contributed by atoms with Crippen molar-refractivity contribution in [1.29, 1.82) is 0 Å². The topological polar surface area (TPSA) is 72.9 Å². The first-order chi connectivity index (χ1) is 9.49. The van der Waals surface area contributed by atoms with Gasteiger partial charge in [0.05, 0.1) is 0 Å². The van der Waals surface area contributed by atoms with Gasteiger partial charge in [-0.05, 0) is 38.3 Å². The van der Waals surface area contributed by atoms with Gasteiger partial charge in [0.25, 0.3) is 0 Å². The molecular formula is C14H25N3O3. The van der Waals surface area contributed by atoms with Crippen LogP contribution in [0.25, 0.3) is 0 Å². The summed E-state index contributed by atoms with van der Waals surface area (Å²) in [5.41, 5.74) is 0. The lowest BCUT2D eigenvalue weighted by atomic mass is 10.1. The maximum atomic E-state index is 12.2. The molecule has 2 rings (SSSR count). The van der Waals surface area contributed by atoms with E-state index in [1.54, 1.807) is 18.7 Å². The van der Waals surface area contributed by atoms with Gasteiger partial charge in [0.2, 0.25) is 0 Å². The van der Waals surface area contributed by atoms with Crippen LogP contribution in [-0.4, -0.2) is 65.2 Å². The van der Waals surface area contributed by atoms with Crippen molar-refractivity contribution in [2.45, 2.75) is 45.2 Å². The summed E-state index contributed by atoms with van der Waals surface area (Å²) >= 11 is 0. The van der Waals surface area contributed by atoms with E-state index < -0.39 is 12.0 Å². The number of likely N-dealkylation sites (tertiary alicyclic amines) is 2. The molecular weight excluding hydrogens is 258 g/mol. The number of carboxylic acid groups (broad SMARTS) is 1. The maximum absolute atomic E-state index is 12.2. The number of hydrogen-bond donors (Lipinski definition) is 2. The first kappa shape index (κ1) is 15.1. The maximum Gasteiger partial charge on any atom is 0.326 e. The molecule has 0 saturated carbocycles. The number of urea groups is 1. The minimum Gasteiger partial charge on any atom is -0.480 e. The summed E-state index contributed by atoms with van der Waals surface area (Å²) in [6.45, 7) is 7.30. The third-order valence-electron chi connectivity index (χ3n) is 4.32. The zero-order chi connectivity index (χ0) is 14.7. The Labute approximate surface area is 120 Å². The van der Waals surface area contributed by atoms with Crippen molar-refractivity contribution in [3.63, 3.8) is 0 Å². The number of carbonyl (C=O) groups excluding carboxylic acids is 1. The van der Waals surface area contributed by atoms with Gasteiger partial charge in [0.15, 0.2) is 0 Å². The Morgan fingerprint density at radius 3 is 2.40 bits per heavy atom. The molecule has 0 spiro atoms. The van der Waals surface area contributed by atoms with Gasteiger partial charge in [-0.15, -0.1) is 0 Å². The first-order valence-corrected chi connectivity index (χ1v) is 7.51. The Morgan fingerprint density at radius 1 is 1.20 bits per heavy atom. The van der Waals surface area contributed by atoms with Gasteiger partial charge < -0.3 is 15.3 Å². The zero-order valence-corrected chi connectivity index (χ0v) is 12.3. The Kier molecular flexibility index (Phi) is 4.86. The molecule has 114 valence electrons. The molecule has 0 aromatic rings. The van der Waals surface area contributed by atoms with Gasteiger partial charge in [-0.1, -0.05) is 13.8 Å². The van der Waals surface area contributed by atoms with Crippen LogP contribution in [0, 0.1) is 5.92 Å². The Bertz CT molecular complexity index is 367. The quantitative estimate of drug-likeness (QED) is 0.806. The fourth-order valence-electron chi connectivity index (χ4n) is 3.07. The van der Waals surface area contributed by atoms with E-state index in [0.29, 0.717) is 6.04 Å². The number of carboxylic acids is 1. The van der Waals surface area contributed by atoms with E-state index in [0.717, 1.165) is 32.6 Å². The lowest BCUT2D eigenvalue weighted by Crippen LogP contribution is -2.50. The highest BCUT2D eigenvalue weighted by Crippen LogP contribution is 2.20. The molecule has 1 unspecified atom stereocenters. The summed E-state index contributed by atoms with van der Waals surface area (Å²) in [6.07, 6.45) is 3.49. The summed E-state index contributed by atoms with van der Waals surface area (Å²) in [6, 6.07) is -0.605. The molecule has 2 amide bonds. The molecule has 0 aliphatic carbocycles. The predicted octanol–water partition coefficient (Wildman–Crippen LogP) is 0.975. The van der Waals surface area contributed by atoms with Crippen LogP contribution in [0.5, 0.6) is 0 Å². The van der Waals surface area contributed by atoms with Crippen molar-refractivity contribution in [3.8, 4) is 0 Å². The highest BCUT2D eigenvalue weighted by atomic mass is 16.4. The zero-order valence-electron chi connectivity index (χ0n) is 12.3. The monoisotopic (exact) mass is 283 g/mol. The number of nitrogens with zero attached hydrogens (tertiary/aromatic N) is 2. The number of rotatable bonds is 4. The van der Waals surface area contributed by atoms with Crippen molar-refractivity contribution in [2.75, 3.05) is 26.2 Å². The minimum absolute atomic E-state index is 0.117. The minimum atomic E-state index is -0.969. The van der Waals surface area contributed by atoms with Crippen LogP contribution in [0.15, 0.2) is 0 Å². The van der Waals surface area contributed by atoms with E-state index in [4.69, 9.17) is 5.11 Å². The fourth-order valence-corrected chi connectivity index (χ4v) is 3.07. The van der Waals surface area contributed by atoms with Crippen LogP contribution >= 0.6 is 0 Å². The van der Waals surface area contributed by atoms with E-state index in [2.05, 4.69) is 10.2 Å². The molecule has 6 heteroatoms. The lowest BCUT2D eigenvalue weighted by Gasteiger charge is -2.25. The van der Waals surface area contributed by atoms with E-state index >= 15 is 0 Å².